The number of ether oxygens (including phenoxy) is 1. The molecule has 0 amide bonds. The molecule has 1 rings (SSSR count). The van der Waals surface area contributed by atoms with Crippen molar-refractivity contribution in [2.75, 3.05) is 20.2 Å². The summed E-state index contributed by atoms with van der Waals surface area (Å²) >= 11 is 6.14. The zero-order valence-corrected chi connectivity index (χ0v) is 12.4. The molecule has 0 heterocycles. The first-order chi connectivity index (χ1) is 8.38. The standard InChI is InChI=1S/C14H23ClN2O/c1-14(2,3)17(8-7-16)10-11-5-6-13(18-4)12(15)9-11/h5-6,9H,7-8,10,16H2,1-4H3. The van der Waals surface area contributed by atoms with E-state index >= 15 is 0 Å². The van der Waals surface area contributed by atoms with Crippen LogP contribution in [0.15, 0.2) is 18.2 Å². The molecular formula is C14H23ClN2O. The molecule has 0 unspecified atom stereocenters. The molecule has 0 aliphatic heterocycles. The Morgan fingerprint density at radius 3 is 2.44 bits per heavy atom. The van der Waals surface area contributed by atoms with Crippen LogP contribution in [-0.2, 0) is 6.54 Å². The largest absolute Gasteiger partial charge is 0.495 e. The number of hydrogen-bond acceptors (Lipinski definition) is 3. The van der Waals surface area contributed by atoms with Crippen LogP contribution in [0.4, 0.5) is 0 Å². The predicted octanol–water partition coefficient (Wildman–Crippen LogP) is 2.91. The molecule has 0 atom stereocenters. The monoisotopic (exact) mass is 270 g/mol. The highest BCUT2D eigenvalue weighted by molar-refractivity contribution is 6.32. The Morgan fingerprint density at radius 2 is 2.00 bits per heavy atom. The normalized spacial score (nSPS) is 11.9. The van der Waals surface area contributed by atoms with Gasteiger partial charge in [0.15, 0.2) is 0 Å². The number of nitrogens with two attached hydrogens (primary N) is 1. The first-order valence-corrected chi connectivity index (χ1v) is 6.54. The molecule has 0 aromatic heterocycles. The van der Waals surface area contributed by atoms with Crippen molar-refractivity contribution in [1.82, 2.24) is 4.90 Å². The fourth-order valence-corrected chi connectivity index (χ4v) is 2.12. The van der Waals surface area contributed by atoms with Crippen LogP contribution in [0.25, 0.3) is 0 Å². The van der Waals surface area contributed by atoms with E-state index in [0.29, 0.717) is 17.3 Å². The van der Waals surface area contributed by atoms with E-state index in [-0.39, 0.29) is 5.54 Å². The molecule has 4 heteroatoms. The van der Waals surface area contributed by atoms with E-state index in [1.165, 1.54) is 5.56 Å². The van der Waals surface area contributed by atoms with E-state index in [1.54, 1.807) is 7.11 Å². The summed E-state index contributed by atoms with van der Waals surface area (Å²) < 4.78 is 5.15. The Hall–Kier alpha value is -0.770. The van der Waals surface area contributed by atoms with Crippen molar-refractivity contribution in [3.8, 4) is 5.75 Å². The molecule has 0 fully saturated rings. The lowest BCUT2D eigenvalue weighted by Crippen LogP contribution is -2.43. The van der Waals surface area contributed by atoms with Gasteiger partial charge in [0.25, 0.3) is 0 Å². The van der Waals surface area contributed by atoms with Gasteiger partial charge < -0.3 is 10.5 Å². The van der Waals surface area contributed by atoms with Crippen LogP contribution >= 0.6 is 11.6 Å². The maximum absolute atomic E-state index is 6.14. The average Bonchev–Trinajstić information content (AvgIpc) is 2.27. The van der Waals surface area contributed by atoms with Crippen LogP contribution in [0.3, 0.4) is 0 Å². The van der Waals surface area contributed by atoms with Gasteiger partial charge in [0.05, 0.1) is 12.1 Å². The van der Waals surface area contributed by atoms with Gasteiger partial charge in [-0.15, -0.1) is 0 Å². The third kappa shape index (κ3) is 4.16. The maximum Gasteiger partial charge on any atom is 0.137 e. The van der Waals surface area contributed by atoms with E-state index in [9.17, 15) is 0 Å². The minimum atomic E-state index is 0.0891. The molecule has 0 saturated heterocycles. The predicted molar refractivity (Wildman–Crippen MR) is 77.2 cm³/mol. The van der Waals surface area contributed by atoms with E-state index in [2.05, 4.69) is 25.7 Å². The molecule has 0 aliphatic carbocycles. The number of nitrogens with zero attached hydrogens (tertiary/aromatic N) is 1. The van der Waals surface area contributed by atoms with Gasteiger partial charge in [-0.05, 0) is 38.5 Å². The summed E-state index contributed by atoms with van der Waals surface area (Å²) in [6.45, 7) is 8.92. The Kier molecular flexibility index (Phi) is 5.45. The summed E-state index contributed by atoms with van der Waals surface area (Å²) in [5, 5.41) is 0.650. The van der Waals surface area contributed by atoms with Crippen LogP contribution in [0, 0.1) is 0 Å². The topological polar surface area (TPSA) is 38.5 Å². The van der Waals surface area contributed by atoms with E-state index in [1.807, 2.05) is 18.2 Å². The fraction of sp³-hybridized carbons (Fsp3) is 0.571. The summed E-state index contributed by atoms with van der Waals surface area (Å²) in [5.41, 5.74) is 6.93. The number of rotatable bonds is 5. The van der Waals surface area contributed by atoms with Crippen molar-refractivity contribution in [3.63, 3.8) is 0 Å². The van der Waals surface area contributed by atoms with Crippen molar-refractivity contribution in [2.24, 2.45) is 5.73 Å². The Bertz CT molecular complexity index is 388. The quantitative estimate of drug-likeness (QED) is 0.894. The molecular weight excluding hydrogens is 248 g/mol. The Labute approximate surface area is 115 Å². The lowest BCUT2D eigenvalue weighted by Gasteiger charge is -2.35. The van der Waals surface area contributed by atoms with E-state index in [4.69, 9.17) is 22.1 Å². The van der Waals surface area contributed by atoms with Gasteiger partial charge >= 0.3 is 0 Å². The number of halogens is 1. The second kappa shape index (κ2) is 6.41. The van der Waals surface area contributed by atoms with Crippen LogP contribution in [0.5, 0.6) is 5.75 Å². The van der Waals surface area contributed by atoms with E-state index in [0.717, 1.165) is 13.1 Å². The van der Waals surface area contributed by atoms with Crippen LogP contribution in [0.1, 0.15) is 26.3 Å². The SMILES string of the molecule is COc1ccc(CN(CCN)C(C)(C)C)cc1Cl. The molecule has 0 radical (unpaired) electrons. The van der Waals surface area contributed by atoms with Crippen LogP contribution in [-0.4, -0.2) is 30.6 Å². The molecule has 1 aromatic rings. The summed E-state index contributed by atoms with van der Waals surface area (Å²) in [4.78, 5) is 2.34. The molecule has 18 heavy (non-hydrogen) atoms. The van der Waals surface area contributed by atoms with Crippen LogP contribution < -0.4 is 10.5 Å². The number of benzene rings is 1. The molecule has 2 N–H and O–H groups in total. The van der Waals surface area contributed by atoms with Gasteiger partial charge in [-0.2, -0.15) is 0 Å². The summed E-state index contributed by atoms with van der Waals surface area (Å²) in [7, 11) is 1.62. The van der Waals surface area contributed by atoms with E-state index < -0.39 is 0 Å². The Morgan fingerprint density at radius 1 is 1.33 bits per heavy atom. The van der Waals surface area contributed by atoms with Gasteiger partial charge in [0.1, 0.15) is 5.75 Å². The van der Waals surface area contributed by atoms with Crippen molar-refractivity contribution < 1.29 is 4.74 Å². The smallest absolute Gasteiger partial charge is 0.137 e. The zero-order chi connectivity index (χ0) is 13.8. The van der Waals surface area contributed by atoms with Gasteiger partial charge in [-0.25, -0.2) is 0 Å². The Balaban J connectivity index is 2.84. The van der Waals surface area contributed by atoms with Crippen molar-refractivity contribution >= 4 is 11.6 Å². The highest BCUT2D eigenvalue weighted by atomic mass is 35.5. The first-order valence-electron chi connectivity index (χ1n) is 6.16. The first kappa shape index (κ1) is 15.3. The van der Waals surface area contributed by atoms with Crippen molar-refractivity contribution in [2.45, 2.75) is 32.9 Å². The minimum absolute atomic E-state index is 0.0891. The third-order valence-electron chi connectivity index (χ3n) is 2.94. The van der Waals surface area contributed by atoms with Gasteiger partial charge in [-0.1, -0.05) is 17.7 Å². The second-order valence-electron chi connectivity index (χ2n) is 5.35. The minimum Gasteiger partial charge on any atom is -0.495 e. The van der Waals surface area contributed by atoms with Crippen molar-refractivity contribution in [1.29, 1.82) is 0 Å². The lowest BCUT2D eigenvalue weighted by atomic mass is 10.0. The molecule has 0 spiro atoms. The van der Waals surface area contributed by atoms with Crippen LogP contribution in [0.2, 0.25) is 5.02 Å². The molecule has 0 bridgehead atoms. The summed E-state index contributed by atoms with van der Waals surface area (Å²) in [6.07, 6.45) is 0. The summed E-state index contributed by atoms with van der Waals surface area (Å²) in [6, 6.07) is 5.90. The molecule has 0 aliphatic rings. The van der Waals surface area contributed by atoms with Crippen molar-refractivity contribution in [3.05, 3.63) is 28.8 Å². The lowest BCUT2D eigenvalue weighted by molar-refractivity contribution is 0.132. The van der Waals surface area contributed by atoms with Gasteiger partial charge in [-0.3, -0.25) is 4.90 Å². The highest BCUT2D eigenvalue weighted by Crippen LogP contribution is 2.26. The molecule has 102 valence electrons. The van der Waals surface area contributed by atoms with Gasteiger partial charge in [0.2, 0.25) is 0 Å². The number of methoxy groups -OCH3 is 1. The third-order valence-corrected chi connectivity index (χ3v) is 3.23. The van der Waals surface area contributed by atoms with Gasteiger partial charge in [0, 0.05) is 25.2 Å². The zero-order valence-electron chi connectivity index (χ0n) is 11.7. The molecule has 3 nitrogen and oxygen atoms in total. The fourth-order valence-electron chi connectivity index (χ4n) is 1.84. The maximum atomic E-state index is 6.14. The molecule has 0 saturated carbocycles. The second-order valence-corrected chi connectivity index (χ2v) is 5.76. The highest BCUT2D eigenvalue weighted by Gasteiger charge is 2.20. The molecule has 1 aromatic carbocycles. The number of hydrogen-bond donors (Lipinski definition) is 1. The summed E-state index contributed by atoms with van der Waals surface area (Å²) in [5.74, 6) is 0.710. The average molecular weight is 271 g/mol.